The summed E-state index contributed by atoms with van der Waals surface area (Å²) in [4.78, 5) is 3.29. The number of hydrogen-bond acceptors (Lipinski definition) is 0. The maximum Gasteiger partial charge on any atom is 0.0415 e. The van der Waals surface area contributed by atoms with Crippen molar-refractivity contribution in [3.63, 3.8) is 0 Å². The minimum Gasteiger partial charge on any atom is -0.361 e. The third kappa shape index (κ3) is 1.01. The third-order valence-electron chi connectivity index (χ3n) is 2.85. The van der Waals surface area contributed by atoms with Crippen molar-refractivity contribution in [2.75, 3.05) is 0 Å². The molecule has 0 saturated heterocycles. The van der Waals surface area contributed by atoms with Crippen LogP contribution in [0.25, 0.3) is 12.2 Å². The monoisotopic (exact) mass is 161 g/mol. The number of nitrogens with one attached hydrogen (secondary N) is 1. The SMILES string of the molecule is Cc1c[nH]c2c1=CC(C)C(C)C=2. The van der Waals surface area contributed by atoms with Gasteiger partial charge in [-0.05, 0) is 29.5 Å². The summed E-state index contributed by atoms with van der Waals surface area (Å²) < 4.78 is 0. The van der Waals surface area contributed by atoms with E-state index in [2.05, 4.69) is 44.1 Å². The van der Waals surface area contributed by atoms with Gasteiger partial charge < -0.3 is 4.98 Å². The zero-order valence-corrected chi connectivity index (χ0v) is 7.89. The van der Waals surface area contributed by atoms with Gasteiger partial charge in [0.15, 0.2) is 0 Å². The highest BCUT2D eigenvalue weighted by Gasteiger charge is 2.11. The first kappa shape index (κ1) is 7.66. The Bertz CT molecular complexity index is 397. The van der Waals surface area contributed by atoms with Crippen molar-refractivity contribution < 1.29 is 0 Å². The Hall–Kier alpha value is -0.980. The Morgan fingerprint density at radius 2 is 1.83 bits per heavy atom. The lowest BCUT2D eigenvalue weighted by atomic mass is 9.91. The Morgan fingerprint density at radius 1 is 1.17 bits per heavy atom. The van der Waals surface area contributed by atoms with Crippen molar-refractivity contribution in [1.82, 2.24) is 4.98 Å². The number of H-pyrrole nitrogens is 1. The second-order valence-electron chi connectivity index (χ2n) is 3.85. The van der Waals surface area contributed by atoms with Gasteiger partial charge in [0, 0.05) is 11.5 Å². The molecule has 1 heterocycles. The van der Waals surface area contributed by atoms with E-state index >= 15 is 0 Å². The molecule has 0 aliphatic heterocycles. The van der Waals surface area contributed by atoms with Gasteiger partial charge in [0.25, 0.3) is 0 Å². The predicted molar refractivity (Wildman–Crippen MR) is 52.0 cm³/mol. The Kier molecular flexibility index (Phi) is 1.60. The van der Waals surface area contributed by atoms with Crippen LogP contribution in [0.2, 0.25) is 0 Å². The molecule has 1 aromatic rings. The molecule has 0 saturated carbocycles. The van der Waals surface area contributed by atoms with Crippen molar-refractivity contribution in [3.05, 3.63) is 22.3 Å². The van der Waals surface area contributed by atoms with Gasteiger partial charge in [0.05, 0.1) is 0 Å². The topological polar surface area (TPSA) is 15.8 Å². The first-order valence-corrected chi connectivity index (χ1v) is 4.56. The highest BCUT2D eigenvalue weighted by molar-refractivity contribution is 5.42. The van der Waals surface area contributed by atoms with Crippen LogP contribution in [0, 0.1) is 18.8 Å². The summed E-state index contributed by atoms with van der Waals surface area (Å²) in [5.74, 6) is 1.34. The van der Waals surface area contributed by atoms with Gasteiger partial charge in [0.2, 0.25) is 0 Å². The molecule has 0 amide bonds. The fraction of sp³-hybridized carbons (Fsp3) is 0.455. The number of aromatic nitrogens is 1. The minimum absolute atomic E-state index is 0.663. The summed E-state index contributed by atoms with van der Waals surface area (Å²) in [6.45, 7) is 6.69. The minimum atomic E-state index is 0.663. The van der Waals surface area contributed by atoms with E-state index in [1.54, 1.807) is 0 Å². The molecule has 1 nitrogen and oxygen atoms in total. The van der Waals surface area contributed by atoms with Gasteiger partial charge in [0.1, 0.15) is 0 Å². The van der Waals surface area contributed by atoms with Gasteiger partial charge >= 0.3 is 0 Å². The first-order chi connectivity index (χ1) is 5.68. The van der Waals surface area contributed by atoms with E-state index in [1.165, 1.54) is 16.1 Å². The van der Waals surface area contributed by atoms with Gasteiger partial charge in [-0.1, -0.05) is 26.0 Å². The van der Waals surface area contributed by atoms with Crippen LogP contribution in [0.5, 0.6) is 0 Å². The van der Waals surface area contributed by atoms with Gasteiger partial charge in [-0.3, -0.25) is 0 Å². The molecule has 12 heavy (non-hydrogen) atoms. The number of aryl methyl sites for hydroxylation is 1. The molecule has 1 aromatic heterocycles. The molecule has 2 atom stereocenters. The first-order valence-electron chi connectivity index (χ1n) is 4.56. The van der Waals surface area contributed by atoms with Crippen molar-refractivity contribution in [2.45, 2.75) is 20.8 Å². The second kappa shape index (κ2) is 2.51. The van der Waals surface area contributed by atoms with Crippen LogP contribution in [-0.2, 0) is 0 Å². The Morgan fingerprint density at radius 3 is 2.58 bits per heavy atom. The van der Waals surface area contributed by atoms with Crippen LogP contribution < -0.4 is 10.6 Å². The molecule has 1 heteroatoms. The van der Waals surface area contributed by atoms with E-state index in [-0.39, 0.29) is 0 Å². The second-order valence-corrected chi connectivity index (χ2v) is 3.85. The van der Waals surface area contributed by atoms with Crippen LogP contribution in [0.4, 0.5) is 0 Å². The molecule has 0 aromatic carbocycles. The van der Waals surface area contributed by atoms with Crippen molar-refractivity contribution in [1.29, 1.82) is 0 Å². The van der Waals surface area contributed by atoms with Crippen molar-refractivity contribution in [2.24, 2.45) is 11.8 Å². The van der Waals surface area contributed by atoms with E-state index in [1.807, 2.05) is 0 Å². The summed E-state index contributed by atoms with van der Waals surface area (Å²) in [5, 5.41) is 2.71. The number of rotatable bonds is 0. The molecule has 1 aliphatic carbocycles. The molecule has 0 radical (unpaired) electrons. The van der Waals surface area contributed by atoms with Crippen LogP contribution in [-0.4, -0.2) is 4.98 Å². The zero-order chi connectivity index (χ0) is 8.72. The van der Waals surface area contributed by atoms with E-state index < -0.39 is 0 Å². The van der Waals surface area contributed by atoms with E-state index in [0.717, 1.165) is 0 Å². The molecular formula is C11H15N. The molecule has 2 unspecified atom stereocenters. The smallest absolute Gasteiger partial charge is 0.0415 e. The summed E-state index contributed by atoms with van der Waals surface area (Å²) in [7, 11) is 0. The quantitative estimate of drug-likeness (QED) is 0.588. The molecule has 1 N–H and O–H groups in total. The van der Waals surface area contributed by atoms with E-state index in [0.29, 0.717) is 11.8 Å². The van der Waals surface area contributed by atoms with Gasteiger partial charge in [-0.15, -0.1) is 0 Å². The molecular weight excluding hydrogens is 146 g/mol. The molecule has 2 rings (SSSR count). The standard InChI is InChI=1S/C11H15N/c1-7-4-10-9(3)6-12-11(10)5-8(7)2/h4-8,12H,1-3H3. The molecule has 0 spiro atoms. The maximum atomic E-state index is 3.29. The van der Waals surface area contributed by atoms with Gasteiger partial charge in [-0.2, -0.15) is 0 Å². The molecule has 0 fully saturated rings. The van der Waals surface area contributed by atoms with Crippen molar-refractivity contribution in [3.8, 4) is 0 Å². The van der Waals surface area contributed by atoms with Crippen molar-refractivity contribution >= 4 is 12.2 Å². The van der Waals surface area contributed by atoms with Crippen LogP contribution >= 0.6 is 0 Å². The fourth-order valence-electron chi connectivity index (χ4n) is 1.74. The summed E-state index contributed by atoms with van der Waals surface area (Å²) in [6, 6.07) is 0. The molecule has 1 aliphatic rings. The highest BCUT2D eigenvalue weighted by Crippen LogP contribution is 2.15. The Labute approximate surface area is 72.8 Å². The lowest BCUT2D eigenvalue weighted by molar-refractivity contribution is 0.607. The van der Waals surface area contributed by atoms with Crippen LogP contribution in [0.3, 0.4) is 0 Å². The lowest BCUT2D eigenvalue weighted by Crippen LogP contribution is -2.31. The highest BCUT2D eigenvalue weighted by atomic mass is 14.7. The van der Waals surface area contributed by atoms with Crippen LogP contribution in [0.1, 0.15) is 19.4 Å². The maximum absolute atomic E-state index is 3.29. The van der Waals surface area contributed by atoms with E-state index in [9.17, 15) is 0 Å². The Balaban J connectivity index is 2.73. The predicted octanol–water partition coefficient (Wildman–Crippen LogP) is 1.17. The lowest BCUT2D eigenvalue weighted by Gasteiger charge is -2.14. The number of aromatic amines is 1. The number of hydrogen-bond donors (Lipinski definition) is 1. The third-order valence-corrected chi connectivity index (χ3v) is 2.85. The molecule has 0 bridgehead atoms. The largest absolute Gasteiger partial charge is 0.361 e. The normalized spacial score (nSPS) is 27.2. The summed E-state index contributed by atoms with van der Waals surface area (Å²) in [5.41, 5.74) is 1.36. The van der Waals surface area contributed by atoms with Gasteiger partial charge in [-0.25, -0.2) is 0 Å². The fourth-order valence-corrected chi connectivity index (χ4v) is 1.74. The molecule has 64 valence electrons. The summed E-state index contributed by atoms with van der Waals surface area (Å²) >= 11 is 0. The van der Waals surface area contributed by atoms with Crippen LogP contribution in [0.15, 0.2) is 6.20 Å². The average molecular weight is 161 g/mol. The average Bonchev–Trinajstić information content (AvgIpc) is 2.35. The number of fused-ring (bicyclic) bond motifs is 1. The zero-order valence-electron chi connectivity index (χ0n) is 7.89. The summed E-state index contributed by atoms with van der Waals surface area (Å²) in [6.07, 6.45) is 6.78. The van der Waals surface area contributed by atoms with E-state index in [4.69, 9.17) is 0 Å².